The number of hydrogen-bond acceptors (Lipinski definition) is 7. The number of fused-ring (bicyclic) bond motifs is 1. The number of ether oxygens (including phenoxy) is 3. The van der Waals surface area contributed by atoms with Gasteiger partial charge in [-0.2, -0.15) is 13.2 Å². The van der Waals surface area contributed by atoms with Crippen molar-refractivity contribution in [1.82, 2.24) is 19.9 Å². The predicted octanol–water partition coefficient (Wildman–Crippen LogP) is 4.91. The molecule has 1 aromatic carbocycles. The normalized spacial score (nSPS) is 11.6. The van der Waals surface area contributed by atoms with Crippen molar-refractivity contribution in [3.8, 4) is 17.1 Å². The maximum absolute atomic E-state index is 12.8. The van der Waals surface area contributed by atoms with E-state index in [0.29, 0.717) is 36.6 Å². The Labute approximate surface area is 210 Å². The fourth-order valence-electron chi connectivity index (χ4n) is 3.74. The third kappa shape index (κ3) is 6.42. The quantitative estimate of drug-likeness (QED) is 0.300. The number of hydrogen-bond donors (Lipinski definition) is 1. The number of pyridine rings is 1. The fourth-order valence-corrected chi connectivity index (χ4v) is 3.74. The Hall–Kier alpha value is -3.99. The van der Waals surface area contributed by atoms with Crippen LogP contribution in [0.3, 0.4) is 0 Å². The maximum atomic E-state index is 12.8. The van der Waals surface area contributed by atoms with Crippen LogP contribution >= 0.6 is 0 Å². The minimum Gasteiger partial charge on any atom is -0.489 e. The molecule has 1 N–H and O–H groups in total. The van der Waals surface area contributed by atoms with Gasteiger partial charge in [-0.1, -0.05) is 0 Å². The third-order valence-corrected chi connectivity index (χ3v) is 5.58. The van der Waals surface area contributed by atoms with Gasteiger partial charge in [-0.15, -0.1) is 0 Å². The fraction of sp³-hybridized carbons (Fsp3) is 0.308. The molecule has 3 aromatic heterocycles. The molecule has 11 heteroatoms. The largest absolute Gasteiger partial charge is 0.489 e. The number of alkyl halides is 3. The van der Waals surface area contributed by atoms with Crippen LogP contribution in [0.4, 0.5) is 13.2 Å². The summed E-state index contributed by atoms with van der Waals surface area (Å²) < 4.78 is 54.7. The van der Waals surface area contributed by atoms with Gasteiger partial charge in [-0.3, -0.25) is 9.78 Å². The Balaban J connectivity index is 1.50. The van der Waals surface area contributed by atoms with Gasteiger partial charge in [0.15, 0.2) is 5.82 Å². The van der Waals surface area contributed by atoms with Gasteiger partial charge >= 0.3 is 12.1 Å². The first-order valence-corrected chi connectivity index (χ1v) is 11.5. The van der Waals surface area contributed by atoms with Crippen LogP contribution in [-0.4, -0.2) is 46.2 Å². The van der Waals surface area contributed by atoms with Gasteiger partial charge in [-0.05, 0) is 36.8 Å². The monoisotopic (exact) mass is 514 g/mol. The highest BCUT2D eigenvalue weighted by atomic mass is 19.4. The van der Waals surface area contributed by atoms with E-state index >= 15 is 0 Å². The van der Waals surface area contributed by atoms with E-state index in [1.165, 1.54) is 6.07 Å². The number of nitrogens with zero attached hydrogens (tertiary/aromatic N) is 3. The molecule has 37 heavy (non-hydrogen) atoms. The molecule has 0 fully saturated rings. The molecular weight excluding hydrogens is 489 g/mol. The average Bonchev–Trinajstić information content (AvgIpc) is 3.27. The lowest BCUT2D eigenvalue weighted by atomic mass is 10.1. The number of halogens is 3. The van der Waals surface area contributed by atoms with Gasteiger partial charge < -0.3 is 19.2 Å². The topological polar surface area (TPSA) is 99.2 Å². The number of benzene rings is 1. The molecule has 4 aromatic rings. The second-order valence-electron chi connectivity index (χ2n) is 8.13. The molecule has 0 saturated heterocycles. The van der Waals surface area contributed by atoms with E-state index in [1.54, 1.807) is 26.4 Å². The molecule has 0 aliphatic carbocycles. The summed E-state index contributed by atoms with van der Waals surface area (Å²) >= 11 is 0. The summed E-state index contributed by atoms with van der Waals surface area (Å²) in [6, 6.07) is 7.71. The number of aromatic nitrogens is 4. The van der Waals surface area contributed by atoms with Crippen molar-refractivity contribution in [2.24, 2.45) is 0 Å². The molecular formula is C26H25F3N4O4. The summed E-state index contributed by atoms with van der Waals surface area (Å²) in [5.74, 6) is 0.576. The Kier molecular flexibility index (Phi) is 8.02. The molecule has 0 bridgehead atoms. The molecule has 0 unspecified atom stereocenters. The lowest BCUT2D eigenvalue weighted by molar-refractivity contribution is -0.142. The number of aromatic amines is 1. The molecule has 0 spiro atoms. The number of H-pyrrole nitrogens is 1. The summed E-state index contributed by atoms with van der Waals surface area (Å²) in [5.41, 5.74) is 2.42. The first-order chi connectivity index (χ1) is 17.8. The van der Waals surface area contributed by atoms with Gasteiger partial charge in [0.25, 0.3) is 0 Å². The predicted molar refractivity (Wildman–Crippen MR) is 129 cm³/mol. The Bertz CT molecular complexity index is 1370. The van der Waals surface area contributed by atoms with E-state index in [1.807, 2.05) is 18.2 Å². The van der Waals surface area contributed by atoms with Crippen molar-refractivity contribution < 1.29 is 32.2 Å². The average molecular weight is 515 g/mol. The van der Waals surface area contributed by atoms with Crippen LogP contribution in [0.1, 0.15) is 29.4 Å². The zero-order valence-electron chi connectivity index (χ0n) is 20.3. The number of carbonyl (C=O) groups excluding carboxylic acids is 1. The van der Waals surface area contributed by atoms with E-state index in [2.05, 4.69) is 19.9 Å². The zero-order valence-corrected chi connectivity index (χ0v) is 20.3. The Morgan fingerprint density at radius 1 is 1.08 bits per heavy atom. The van der Waals surface area contributed by atoms with Crippen molar-refractivity contribution in [1.29, 1.82) is 0 Å². The SMILES string of the molecule is CCOC(=O)Cc1c[nH]c2cc(OCc3cnc(-c4ccc(C(F)(F)F)nc4)nc3CCOC)ccc12. The van der Waals surface area contributed by atoms with Gasteiger partial charge in [0.1, 0.15) is 18.1 Å². The van der Waals surface area contributed by atoms with E-state index in [9.17, 15) is 18.0 Å². The standard InChI is InChI=1S/C26H25F3N4O4/c1-3-36-24(34)10-17-13-30-22-11-19(5-6-20(17)22)37-15-18-14-32-25(33-21(18)8-9-35-2)16-4-7-23(31-12-16)26(27,28)29/h4-7,11-14,30H,3,8-10,15H2,1-2H3. The highest BCUT2D eigenvalue weighted by Gasteiger charge is 2.32. The number of methoxy groups -OCH3 is 1. The Morgan fingerprint density at radius 3 is 2.62 bits per heavy atom. The van der Waals surface area contributed by atoms with Crippen LogP contribution in [0, 0.1) is 0 Å². The zero-order chi connectivity index (χ0) is 26.4. The molecule has 194 valence electrons. The second-order valence-corrected chi connectivity index (χ2v) is 8.13. The van der Waals surface area contributed by atoms with E-state index < -0.39 is 11.9 Å². The molecule has 8 nitrogen and oxygen atoms in total. The first kappa shape index (κ1) is 26.1. The number of rotatable bonds is 10. The summed E-state index contributed by atoms with van der Waals surface area (Å²) in [7, 11) is 1.57. The van der Waals surface area contributed by atoms with Gasteiger partial charge in [0.2, 0.25) is 0 Å². The molecule has 0 amide bonds. The first-order valence-electron chi connectivity index (χ1n) is 11.5. The highest BCUT2D eigenvalue weighted by molar-refractivity contribution is 5.88. The molecule has 0 radical (unpaired) electrons. The minimum atomic E-state index is -4.52. The van der Waals surface area contributed by atoms with Crippen molar-refractivity contribution in [2.75, 3.05) is 20.3 Å². The van der Waals surface area contributed by atoms with E-state index in [4.69, 9.17) is 14.2 Å². The van der Waals surface area contributed by atoms with Gasteiger partial charge in [0.05, 0.1) is 25.3 Å². The summed E-state index contributed by atoms with van der Waals surface area (Å²) in [4.78, 5) is 27.3. The lowest BCUT2D eigenvalue weighted by Gasteiger charge is -2.12. The second kappa shape index (κ2) is 11.4. The van der Waals surface area contributed by atoms with E-state index in [0.717, 1.165) is 34.3 Å². The van der Waals surface area contributed by atoms with Gasteiger partial charge in [-0.25, -0.2) is 9.97 Å². The molecule has 0 aliphatic rings. The summed E-state index contributed by atoms with van der Waals surface area (Å²) in [6.07, 6.45) is 0.596. The van der Waals surface area contributed by atoms with E-state index in [-0.39, 0.29) is 24.8 Å². The molecule has 0 atom stereocenters. The van der Waals surface area contributed by atoms with Crippen molar-refractivity contribution in [3.05, 3.63) is 71.4 Å². The number of carbonyl (C=O) groups is 1. The van der Waals surface area contributed by atoms with Crippen molar-refractivity contribution in [3.63, 3.8) is 0 Å². The van der Waals surface area contributed by atoms with Crippen LogP contribution in [0.2, 0.25) is 0 Å². The van der Waals surface area contributed by atoms with Crippen LogP contribution < -0.4 is 4.74 Å². The molecule has 0 aliphatic heterocycles. The minimum absolute atomic E-state index is 0.173. The number of nitrogens with one attached hydrogen (secondary N) is 1. The highest BCUT2D eigenvalue weighted by Crippen LogP contribution is 2.29. The lowest BCUT2D eigenvalue weighted by Crippen LogP contribution is -2.09. The van der Waals surface area contributed by atoms with Crippen molar-refractivity contribution >= 4 is 16.9 Å². The van der Waals surface area contributed by atoms with Crippen LogP contribution in [0.5, 0.6) is 5.75 Å². The molecule has 3 heterocycles. The smallest absolute Gasteiger partial charge is 0.433 e. The summed E-state index contributed by atoms with van der Waals surface area (Å²) in [6.45, 7) is 2.66. The molecule has 4 rings (SSSR count). The maximum Gasteiger partial charge on any atom is 0.433 e. The number of esters is 1. The Morgan fingerprint density at radius 2 is 1.92 bits per heavy atom. The van der Waals surface area contributed by atoms with Crippen molar-refractivity contribution in [2.45, 2.75) is 32.5 Å². The summed E-state index contributed by atoms with van der Waals surface area (Å²) in [5, 5.41) is 0.902. The van der Waals surface area contributed by atoms with Crippen LogP contribution in [0.25, 0.3) is 22.3 Å². The third-order valence-electron chi connectivity index (χ3n) is 5.58. The van der Waals surface area contributed by atoms with Crippen LogP contribution in [-0.2, 0) is 39.9 Å². The molecule has 0 saturated carbocycles. The van der Waals surface area contributed by atoms with Crippen LogP contribution in [0.15, 0.2) is 48.9 Å². The van der Waals surface area contributed by atoms with Gasteiger partial charge in [0, 0.05) is 60.2 Å².